The van der Waals surface area contributed by atoms with Gasteiger partial charge in [-0.3, -0.25) is 4.40 Å². The number of carboxylic acids is 1. The molecule has 3 aromatic rings. The third kappa shape index (κ3) is 1.58. The monoisotopic (exact) mass is 274 g/mol. The molecule has 3 aromatic heterocycles. The van der Waals surface area contributed by atoms with Crippen LogP contribution < -0.4 is 0 Å². The first-order valence-electron chi connectivity index (χ1n) is 5.99. The molecule has 0 aromatic carbocycles. The summed E-state index contributed by atoms with van der Waals surface area (Å²) < 4.78 is 3.15. The lowest BCUT2D eigenvalue weighted by molar-refractivity contribution is 0.0689. The van der Waals surface area contributed by atoms with Crippen molar-refractivity contribution in [1.29, 1.82) is 0 Å². The van der Waals surface area contributed by atoms with E-state index >= 15 is 0 Å². The Morgan fingerprint density at radius 1 is 1.42 bits per heavy atom. The van der Waals surface area contributed by atoms with Crippen molar-refractivity contribution in [1.82, 2.24) is 19.2 Å². The Balaban J connectivity index is 1.90. The molecule has 0 saturated heterocycles. The molecule has 1 N–H and O–H groups in total. The number of thiazole rings is 1. The summed E-state index contributed by atoms with van der Waals surface area (Å²) in [4.78, 5) is 16.4. The predicted molar refractivity (Wildman–Crippen MR) is 69.1 cm³/mol. The molecule has 0 bridgehead atoms. The van der Waals surface area contributed by atoms with Crippen LogP contribution in [-0.2, 0) is 0 Å². The van der Waals surface area contributed by atoms with Crippen molar-refractivity contribution in [2.75, 3.05) is 0 Å². The highest BCUT2D eigenvalue weighted by molar-refractivity contribution is 7.15. The number of rotatable bonds is 3. The maximum Gasteiger partial charge on any atom is 0.356 e. The largest absolute Gasteiger partial charge is 0.476 e. The molecule has 0 aliphatic heterocycles. The molecule has 0 unspecified atom stereocenters. The summed E-state index contributed by atoms with van der Waals surface area (Å²) in [7, 11) is 0. The molecule has 1 aliphatic carbocycles. The standard InChI is InChI=1S/C12H10N4O2S/c17-11(18)9-10(13-12-15(9)5-6-19-12)16-4-3-8(14-16)7-1-2-7/h3-7H,1-2H2,(H,17,18). The van der Waals surface area contributed by atoms with Crippen molar-refractivity contribution in [3.8, 4) is 5.82 Å². The zero-order chi connectivity index (χ0) is 13.0. The van der Waals surface area contributed by atoms with Crippen LogP contribution in [0.5, 0.6) is 0 Å². The minimum absolute atomic E-state index is 0.154. The van der Waals surface area contributed by atoms with E-state index in [2.05, 4.69) is 10.1 Å². The van der Waals surface area contributed by atoms with Crippen molar-refractivity contribution in [2.24, 2.45) is 0 Å². The Hall–Kier alpha value is -2.15. The zero-order valence-corrected chi connectivity index (χ0v) is 10.7. The van der Waals surface area contributed by atoms with Crippen molar-refractivity contribution in [3.05, 3.63) is 35.2 Å². The maximum absolute atomic E-state index is 11.4. The van der Waals surface area contributed by atoms with Gasteiger partial charge in [-0.05, 0) is 18.9 Å². The highest BCUT2D eigenvalue weighted by atomic mass is 32.1. The van der Waals surface area contributed by atoms with Gasteiger partial charge in [-0.25, -0.2) is 9.48 Å². The molecule has 7 heteroatoms. The average molecular weight is 274 g/mol. The van der Waals surface area contributed by atoms with Crippen molar-refractivity contribution in [3.63, 3.8) is 0 Å². The van der Waals surface area contributed by atoms with Crippen LogP contribution in [0.4, 0.5) is 0 Å². The van der Waals surface area contributed by atoms with E-state index in [0.717, 1.165) is 5.69 Å². The van der Waals surface area contributed by atoms with Crippen molar-refractivity contribution >= 4 is 22.3 Å². The van der Waals surface area contributed by atoms with Crippen LogP contribution in [0.3, 0.4) is 0 Å². The summed E-state index contributed by atoms with van der Waals surface area (Å²) in [5.74, 6) is -0.0751. The highest BCUT2D eigenvalue weighted by Crippen LogP contribution is 2.39. The molecule has 1 aliphatic rings. The molecule has 4 rings (SSSR count). The second kappa shape index (κ2) is 3.67. The van der Waals surface area contributed by atoms with E-state index in [1.165, 1.54) is 24.2 Å². The Labute approximate surface area is 111 Å². The van der Waals surface area contributed by atoms with Gasteiger partial charge in [0, 0.05) is 23.7 Å². The van der Waals surface area contributed by atoms with Gasteiger partial charge < -0.3 is 5.11 Å². The number of carboxylic acid groups (broad SMARTS) is 1. The lowest BCUT2D eigenvalue weighted by atomic mass is 10.3. The first-order chi connectivity index (χ1) is 9.24. The first kappa shape index (κ1) is 10.7. The van der Waals surface area contributed by atoms with Crippen LogP contribution >= 0.6 is 11.3 Å². The smallest absolute Gasteiger partial charge is 0.356 e. The van der Waals surface area contributed by atoms with E-state index in [0.29, 0.717) is 16.7 Å². The second-order valence-corrected chi connectivity index (χ2v) is 5.48. The van der Waals surface area contributed by atoms with Gasteiger partial charge in [-0.1, -0.05) is 0 Å². The molecular formula is C12H10N4O2S. The Morgan fingerprint density at radius 2 is 2.26 bits per heavy atom. The maximum atomic E-state index is 11.4. The van der Waals surface area contributed by atoms with E-state index in [1.54, 1.807) is 21.5 Å². The second-order valence-electron chi connectivity index (χ2n) is 4.60. The SMILES string of the molecule is O=C(O)c1c(-n2ccc(C3CC3)n2)nc2sccn12. The quantitative estimate of drug-likeness (QED) is 0.794. The summed E-state index contributed by atoms with van der Waals surface area (Å²) in [6.45, 7) is 0. The molecule has 3 heterocycles. The number of hydrogen-bond acceptors (Lipinski definition) is 4. The third-order valence-corrected chi connectivity index (χ3v) is 4.03. The number of nitrogens with zero attached hydrogens (tertiary/aromatic N) is 4. The topological polar surface area (TPSA) is 72.4 Å². The van der Waals surface area contributed by atoms with Crippen LogP contribution in [0.15, 0.2) is 23.8 Å². The molecule has 1 saturated carbocycles. The summed E-state index contributed by atoms with van der Waals surface area (Å²) in [5, 5.41) is 15.6. The van der Waals surface area contributed by atoms with Gasteiger partial charge in [-0.2, -0.15) is 10.1 Å². The van der Waals surface area contributed by atoms with Crippen molar-refractivity contribution < 1.29 is 9.90 Å². The van der Waals surface area contributed by atoms with Crippen LogP contribution in [-0.4, -0.2) is 30.2 Å². The molecule has 19 heavy (non-hydrogen) atoms. The fourth-order valence-corrected chi connectivity index (χ4v) is 2.89. The highest BCUT2D eigenvalue weighted by Gasteiger charge is 2.27. The fourth-order valence-electron chi connectivity index (χ4n) is 2.19. The minimum Gasteiger partial charge on any atom is -0.476 e. The summed E-state index contributed by atoms with van der Waals surface area (Å²) in [5.41, 5.74) is 1.18. The summed E-state index contributed by atoms with van der Waals surface area (Å²) in [6.07, 6.45) is 5.83. The minimum atomic E-state index is -0.996. The van der Waals surface area contributed by atoms with Crippen LogP contribution in [0, 0.1) is 0 Å². The van der Waals surface area contributed by atoms with Gasteiger partial charge in [0.15, 0.2) is 16.5 Å². The zero-order valence-electron chi connectivity index (χ0n) is 9.85. The number of fused-ring (bicyclic) bond motifs is 1. The molecule has 6 nitrogen and oxygen atoms in total. The molecule has 96 valence electrons. The number of hydrogen-bond donors (Lipinski definition) is 1. The van der Waals surface area contributed by atoms with Gasteiger partial charge in [0.2, 0.25) is 0 Å². The Kier molecular flexibility index (Phi) is 2.08. The Morgan fingerprint density at radius 3 is 3.00 bits per heavy atom. The number of aromatic nitrogens is 4. The molecule has 0 spiro atoms. The number of aromatic carboxylic acids is 1. The van der Waals surface area contributed by atoms with E-state index in [-0.39, 0.29) is 5.69 Å². The van der Waals surface area contributed by atoms with E-state index in [4.69, 9.17) is 0 Å². The molecule has 0 atom stereocenters. The summed E-state index contributed by atoms with van der Waals surface area (Å²) in [6, 6.07) is 1.94. The van der Waals surface area contributed by atoms with Gasteiger partial charge in [-0.15, -0.1) is 11.3 Å². The van der Waals surface area contributed by atoms with E-state index < -0.39 is 5.97 Å². The van der Waals surface area contributed by atoms with Crippen molar-refractivity contribution in [2.45, 2.75) is 18.8 Å². The number of carbonyl (C=O) groups is 1. The predicted octanol–water partition coefficient (Wildman–Crippen LogP) is 2.16. The first-order valence-corrected chi connectivity index (χ1v) is 6.87. The van der Waals surface area contributed by atoms with Gasteiger partial charge in [0.1, 0.15) is 0 Å². The average Bonchev–Trinajstić information content (AvgIpc) is 2.83. The van der Waals surface area contributed by atoms with Crippen LogP contribution in [0.25, 0.3) is 10.8 Å². The lowest BCUT2D eigenvalue weighted by Crippen LogP contribution is -2.07. The van der Waals surface area contributed by atoms with Crippen LogP contribution in [0.1, 0.15) is 34.9 Å². The lowest BCUT2D eigenvalue weighted by Gasteiger charge is -1.99. The molecule has 1 fully saturated rings. The number of imidazole rings is 1. The van der Waals surface area contributed by atoms with Crippen LogP contribution in [0.2, 0.25) is 0 Å². The van der Waals surface area contributed by atoms with E-state index in [9.17, 15) is 9.90 Å². The normalized spacial score (nSPS) is 15.2. The van der Waals surface area contributed by atoms with E-state index in [1.807, 2.05) is 11.4 Å². The molecule has 0 amide bonds. The van der Waals surface area contributed by atoms with Gasteiger partial charge in [0.25, 0.3) is 0 Å². The summed E-state index contributed by atoms with van der Waals surface area (Å²) >= 11 is 1.41. The Bertz CT molecular complexity index is 781. The molecule has 0 radical (unpaired) electrons. The van der Waals surface area contributed by atoms with Gasteiger partial charge in [0.05, 0.1) is 5.69 Å². The fraction of sp³-hybridized carbons (Fsp3) is 0.250. The molecular weight excluding hydrogens is 264 g/mol. The van der Waals surface area contributed by atoms with Gasteiger partial charge >= 0.3 is 5.97 Å². The third-order valence-electron chi connectivity index (χ3n) is 3.27.